The van der Waals surface area contributed by atoms with Crippen molar-refractivity contribution < 1.29 is 19.1 Å². The number of carbonyl (C=O) groups is 2. The predicted octanol–water partition coefficient (Wildman–Crippen LogP) is 0.749. The minimum Gasteiger partial charge on any atom is -0.469 e. The third-order valence-corrected chi connectivity index (χ3v) is 2.50. The van der Waals surface area contributed by atoms with E-state index in [1.54, 1.807) is 0 Å². The maximum Gasteiger partial charge on any atom is 0.308 e. The van der Waals surface area contributed by atoms with E-state index < -0.39 is 0 Å². The van der Waals surface area contributed by atoms with Crippen molar-refractivity contribution in [2.45, 2.75) is 19.3 Å². The van der Waals surface area contributed by atoms with Gasteiger partial charge in [-0.2, -0.15) is 0 Å². The molecule has 13 heavy (non-hydrogen) atoms. The van der Waals surface area contributed by atoms with E-state index in [4.69, 9.17) is 0 Å². The van der Waals surface area contributed by atoms with Crippen LogP contribution in [0.5, 0.6) is 0 Å². The second kappa shape index (κ2) is 4.25. The van der Waals surface area contributed by atoms with Gasteiger partial charge in [-0.05, 0) is 19.3 Å². The molecular formula is C9H14O4. The second-order valence-electron chi connectivity index (χ2n) is 3.25. The molecule has 74 valence electrons. The van der Waals surface area contributed by atoms with Gasteiger partial charge in [0.25, 0.3) is 0 Å². The van der Waals surface area contributed by atoms with Crippen LogP contribution < -0.4 is 0 Å². The van der Waals surface area contributed by atoms with Crippen LogP contribution in [0, 0.1) is 11.8 Å². The first-order valence-corrected chi connectivity index (χ1v) is 4.34. The smallest absolute Gasteiger partial charge is 0.308 e. The topological polar surface area (TPSA) is 52.6 Å². The third-order valence-electron chi connectivity index (χ3n) is 2.50. The second-order valence-corrected chi connectivity index (χ2v) is 3.25. The Morgan fingerprint density at radius 3 is 1.69 bits per heavy atom. The summed E-state index contributed by atoms with van der Waals surface area (Å²) in [7, 11) is 2.74. The van der Waals surface area contributed by atoms with E-state index in [1.165, 1.54) is 14.2 Å². The number of esters is 2. The predicted molar refractivity (Wildman–Crippen MR) is 44.9 cm³/mol. The van der Waals surface area contributed by atoms with Crippen LogP contribution in [0.25, 0.3) is 0 Å². The Balaban J connectivity index is 2.44. The molecule has 0 aromatic heterocycles. The Labute approximate surface area is 77.2 Å². The van der Waals surface area contributed by atoms with Crippen molar-refractivity contribution in [1.29, 1.82) is 0 Å². The monoisotopic (exact) mass is 186 g/mol. The van der Waals surface area contributed by atoms with E-state index >= 15 is 0 Å². The van der Waals surface area contributed by atoms with Crippen LogP contribution in [0.2, 0.25) is 0 Å². The van der Waals surface area contributed by atoms with Gasteiger partial charge in [-0.25, -0.2) is 0 Å². The Bertz CT molecular complexity index is 190. The van der Waals surface area contributed by atoms with Crippen molar-refractivity contribution in [1.82, 2.24) is 0 Å². The van der Waals surface area contributed by atoms with Gasteiger partial charge in [0.1, 0.15) is 0 Å². The van der Waals surface area contributed by atoms with Gasteiger partial charge < -0.3 is 9.47 Å². The van der Waals surface area contributed by atoms with E-state index in [9.17, 15) is 9.59 Å². The van der Waals surface area contributed by atoms with Gasteiger partial charge >= 0.3 is 11.9 Å². The number of rotatable bonds is 2. The molecule has 1 saturated carbocycles. The quantitative estimate of drug-likeness (QED) is 0.597. The molecule has 1 aliphatic rings. The fourth-order valence-electron chi connectivity index (χ4n) is 1.74. The molecule has 0 aliphatic heterocycles. The summed E-state index contributed by atoms with van der Waals surface area (Å²) < 4.78 is 9.21. The molecule has 1 unspecified atom stereocenters. The van der Waals surface area contributed by atoms with Gasteiger partial charge in [-0.15, -0.1) is 0 Å². The summed E-state index contributed by atoms with van der Waals surface area (Å²) in [4.78, 5) is 22.2. The zero-order valence-corrected chi connectivity index (χ0v) is 7.91. The minimum atomic E-state index is -0.216. The lowest BCUT2D eigenvalue weighted by Crippen LogP contribution is -2.16. The Hall–Kier alpha value is -1.06. The summed E-state index contributed by atoms with van der Waals surface area (Å²) in [5, 5.41) is 0. The Morgan fingerprint density at radius 1 is 1.00 bits per heavy atom. The van der Waals surface area contributed by atoms with Crippen LogP contribution in [-0.2, 0) is 19.1 Å². The first-order chi connectivity index (χ1) is 6.19. The van der Waals surface area contributed by atoms with Crippen molar-refractivity contribution in [3.05, 3.63) is 0 Å². The van der Waals surface area contributed by atoms with Crippen LogP contribution in [0.1, 0.15) is 19.3 Å². The van der Waals surface area contributed by atoms with Gasteiger partial charge in [0.2, 0.25) is 0 Å². The van der Waals surface area contributed by atoms with Crippen LogP contribution in [0.4, 0.5) is 0 Å². The molecule has 1 rings (SSSR count). The van der Waals surface area contributed by atoms with E-state index in [2.05, 4.69) is 9.47 Å². The Kier molecular flexibility index (Phi) is 3.28. The molecule has 1 fully saturated rings. The van der Waals surface area contributed by atoms with Gasteiger partial charge in [0, 0.05) is 0 Å². The number of hydrogen-bond donors (Lipinski definition) is 0. The highest BCUT2D eigenvalue weighted by Crippen LogP contribution is 2.32. The third kappa shape index (κ3) is 2.20. The summed E-state index contributed by atoms with van der Waals surface area (Å²) in [6.07, 6.45) is 2.03. The summed E-state index contributed by atoms with van der Waals surface area (Å²) in [5.74, 6) is -0.666. The van der Waals surface area contributed by atoms with Crippen molar-refractivity contribution in [2.75, 3.05) is 14.2 Å². The molecule has 2 atom stereocenters. The fraction of sp³-hybridized carbons (Fsp3) is 0.778. The molecule has 0 radical (unpaired) electrons. The molecule has 0 aromatic carbocycles. The zero-order valence-electron chi connectivity index (χ0n) is 7.91. The molecule has 4 heteroatoms. The largest absolute Gasteiger partial charge is 0.469 e. The number of ether oxygens (including phenoxy) is 2. The van der Waals surface area contributed by atoms with Crippen molar-refractivity contribution in [2.24, 2.45) is 11.8 Å². The molecule has 0 saturated heterocycles. The lowest BCUT2D eigenvalue weighted by molar-refractivity contribution is -0.146. The summed E-state index contributed by atoms with van der Waals surface area (Å²) in [5.41, 5.74) is 0. The van der Waals surface area contributed by atoms with E-state index in [0.29, 0.717) is 6.42 Å². The average molecular weight is 186 g/mol. The number of hydrogen-bond acceptors (Lipinski definition) is 4. The normalized spacial score (nSPS) is 26.9. The first-order valence-electron chi connectivity index (χ1n) is 4.34. The minimum absolute atomic E-state index is 0.117. The van der Waals surface area contributed by atoms with Gasteiger partial charge in [0.05, 0.1) is 26.1 Å². The van der Waals surface area contributed by atoms with Gasteiger partial charge in [-0.3, -0.25) is 9.59 Å². The highest BCUT2D eigenvalue weighted by molar-refractivity contribution is 5.77. The van der Waals surface area contributed by atoms with Crippen LogP contribution >= 0.6 is 0 Å². The van der Waals surface area contributed by atoms with Crippen molar-refractivity contribution in [3.63, 3.8) is 0 Å². The van der Waals surface area contributed by atoms with E-state index in [1.807, 2.05) is 0 Å². The average Bonchev–Trinajstić information content (AvgIpc) is 2.64. The number of methoxy groups -OCH3 is 2. The maximum absolute atomic E-state index is 11.1. The first kappa shape index (κ1) is 10.0. The summed E-state index contributed by atoms with van der Waals surface area (Å²) >= 11 is 0. The molecule has 4 nitrogen and oxygen atoms in total. The maximum atomic E-state index is 11.1. The zero-order chi connectivity index (χ0) is 9.84. The molecule has 1 aliphatic carbocycles. The van der Waals surface area contributed by atoms with Crippen molar-refractivity contribution in [3.8, 4) is 0 Å². The molecule has 0 heterocycles. The number of carbonyl (C=O) groups excluding carboxylic acids is 2. The molecular weight excluding hydrogens is 172 g/mol. The molecule has 0 bridgehead atoms. The standard InChI is InChI=1S/C9H14O4/c1-12-8(10)6-3-4-7(5-6)9(11)13-2/h6-7H,3-5H2,1-2H3/t6-,7?/m1/s1. The molecule has 0 aromatic rings. The highest BCUT2D eigenvalue weighted by Gasteiger charge is 2.34. The SMILES string of the molecule is COC(=O)C1CC[C@@H](C(=O)OC)C1. The van der Waals surface area contributed by atoms with Crippen molar-refractivity contribution >= 4 is 11.9 Å². The van der Waals surface area contributed by atoms with Gasteiger partial charge in [0.15, 0.2) is 0 Å². The van der Waals surface area contributed by atoms with Gasteiger partial charge in [-0.1, -0.05) is 0 Å². The van der Waals surface area contributed by atoms with E-state index in [0.717, 1.165) is 12.8 Å². The lowest BCUT2D eigenvalue weighted by Gasteiger charge is -2.07. The van der Waals surface area contributed by atoms with Crippen LogP contribution in [0.15, 0.2) is 0 Å². The van der Waals surface area contributed by atoms with E-state index in [-0.39, 0.29) is 23.8 Å². The molecule has 0 amide bonds. The van der Waals surface area contributed by atoms with Crippen LogP contribution in [-0.4, -0.2) is 26.2 Å². The highest BCUT2D eigenvalue weighted by atomic mass is 16.5. The molecule has 0 N–H and O–H groups in total. The Morgan fingerprint density at radius 2 is 1.38 bits per heavy atom. The molecule has 0 spiro atoms. The lowest BCUT2D eigenvalue weighted by atomic mass is 10.1. The fourth-order valence-corrected chi connectivity index (χ4v) is 1.74. The summed E-state index contributed by atoms with van der Waals surface area (Å²) in [6, 6.07) is 0. The van der Waals surface area contributed by atoms with Crippen LogP contribution in [0.3, 0.4) is 0 Å². The summed E-state index contributed by atoms with van der Waals surface area (Å²) in [6.45, 7) is 0.